The summed E-state index contributed by atoms with van der Waals surface area (Å²) in [7, 11) is 1.80. The molecule has 2 aromatic rings. The highest BCUT2D eigenvalue weighted by molar-refractivity contribution is 5.79. The minimum Gasteiger partial charge on any atom is -0.479 e. The molecule has 0 saturated carbocycles. The van der Waals surface area contributed by atoms with Gasteiger partial charge in [0.15, 0.2) is 6.04 Å². The number of anilines is 1. The van der Waals surface area contributed by atoms with Crippen molar-refractivity contribution < 1.29 is 9.90 Å². The number of carbonyl (C=O) groups is 1. The number of carboxylic acids is 1. The standard InChI is InChI=1S/C14H17N3O2/c1-9-4-6-11(7-5-9)16-13(14(18)19)12-8-15-17(3)10(12)2/h4-8,13,16H,1-3H3,(H,18,19). The van der Waals surface area contributed by atoms with Gasteiger partial charge in [-0.1, -0.05) is 17.7 Å². The Morgan fingerprint density at radius 1 is 1.32 bits per heavy atom. The van der Waals surface area contributed by atoms with Crippen molar-refractivity contribution in [2.75, 3.05) is 5.32 Å². The molecule has 1 aromatic carbocycles. The topological polar surface area (TPSA) is 67.2 Å². The van der Waals surface area contributed by atoms with Crippen molar-refractivity contribution in [3.63, 3.8) is 0 Å². The molecule has 0 radical (unpaired) electrons. The first-order valence-electron chi connectivity index (χ1n) is 6.03. The third-order valence-corrected chi connectivity index (χ3v) is 3.19. The first-order valence-corrected chi connectivity index (χ1v) is 6.03. The number of hydrogen-bond acceptors (Lipinski definition) is 3. The van der Waals surface area contributed by atoms with Crippen molar-refractivity contribution in [3.05, 3.63) is 47.3 Å². The lowest BCUT2D eigenvalue weighted by molar-refractivity contribution is -0.138. The van der Waals surface area contributed by atoms with E-state index in [2.05, 4.69) is 10.4 Å². The number of benzene rings is 1. The zero-order chi connectivity index (χ0) is 14.0. The molecule has 1 atom stereocenters. The summed E-state index contributed by atoms with van der Waals surface area (Å²) in [6, 6.07) is 6.83. The molecule has 0 aliphatic heterocycles. The largest absolute Gasteiger partial charge is 0.479 e. The monoisotopic (exact) mass is 259 g/mol. The second-order valence-electron chi connectivity index (χ2n) is 4.59. The number of nitrogens with one attached hydrogen (secondary N) is 1. The molecule has 0 saturated heterocycles. The predicted octanol–water partition coefficient (Wildman–Crippen LogP) is 2.27. The fourth-order valence-corrected chi connectivity index (χ4v) is 1.89. The third-order valence-electron chi connectivity index (χ3n) is 3.19. The van der Waals surface area contributed by atoms with Crippen LogP contribution in [0.5, 0.6) is 0 Å². The van der Waals surface area contributed by atoms with Gasteiger partial charge in [0.1, 0.15) is 0 Å². The Morgan fingerprint density at radius 3 is 2.42 bits per heavy atom. The molecule has 19 heavy (non-hydrogen) atoms. The predicted molar refractivity (Wildman–Crippen MR) is 73.1 cm³/mol. The number of carboxylic acid groups (broad SMARTS) is 1. The van der Waals surface area contributed by atoms with Gasteiger partial charge in [0.25, 0.3) is 0 Å². The number of rotatable bonds is 4. The van der Waals surface area contributed by atoms with Gasteiger partial charge in [-0.3, -0.25) is 4.68 Å². The molecule has 0 aliphatic carbocycles. The van der Waals surface area contributed by atoms with Crippen molar-refractivity contribution in [3.8, 4) is 0 Å². The first-order chi connectivity index (χ1) is 8.99. The van der Waals surface area contributed by atoms with Gasteiger partial charge in [0.2, 0.25) is 0 Å². The van der Waals surface area contributed by atoms with E-state index in [4.69, 9.17) is 0 Å². The van der Waals surface area contributed by atoms with Crippen LogP contribution in [0.2, 0.25) is 0 Å². The highest BCUT2D eigenvalue weighted by Gasteiger charge is 2.23. The van der Waals surface area contributed by atoms with Crippen LogP contribution in [0.1, 0.15) is 22.9 Å². The van der Waals surface area contributed by atoms with Gasteiger partial charge < -0.3 is 10.4 Å². The summed E-state index contributed by atoms with van der Waals surface area (Å²) in [5, 5.41) is 16.5. The minimum absolute atomic E-state index is 0.676. The Labute approximate surface area is 111 Å². The molecule has 0 amide bonds. The molecule has 0 spiro atoms. The van der Waals surface area contributed by atoms with Crippen LogP contribution in [-0.2, 0) is 11.8 Å². The molecular weight excluding hydrogens is 242 g/mol. The fourth-order valence-electron chi connectivity index (χ4n) is 1.89. The average molecular weight is 259 g/mol. The van der Waals surface area contributed by atoms with Gasteiger partial charge in [-0.2, -0.15) is 5.10 Å². The number of hydrogen-bond donors (Lipinski definition) is 2. The average Bonchev–Trinajstić information content (AvgIpc) is 2.69. The van der Waals surface area contributed by atoms with Crippen molar-refractivity contribution in [2.45, 2.75) is 19.9 Å². The lowest BCUT2D eigenvalue weighted by atomic mass is 10.1. The molecule has 0 fully saturated rings. The molecule has 1 aromatic heterocycles. The Bertz CT molecular complexity index is 587. The van der Waals surface area contributed by atoms with Gasteiger partial charge in [-0.25, -0.2) is 4.79 Å². The molecule has 100 valence electrons. The number of aliphatic carboxylic acids is 1. The molecular formula is C14H17N3O2. The van der Waals surface area contributed by atoms with Crippen LogP contribution in [-0.4, -0.2) is 20.9 Å². The molecule has 2 N–H and O–H groups in total. The lowest BCUT2D eigenvalue weighted by Crippen LogP contribution is -2.21. The van der Waals surface area contributed by atoms with E-state index in [1.807, 2.05) is 38.1 Å². The highest BCUT2D eigenvalue weighted by Crippen LogP contribution is 2.22. The molecule has 1 heterocycles. The van der Waals surface area contributed by atoms with Crippen molar-refractivity contribution in [2.24, 2.45) is 7.05 Å². The Hall–Kier alpha value is -2.30. The number of aromatic nitrogens is 2. The minimum atomic E-state index is -0.920. The van der Waals surface area contributed by atoms with E-state index >= 15 is 0 Å². The van der Waals surface area contributed by atoms with Gasteiger partial charge >= 0.3 is 5.97 Å². The van der Waals surface area contributed by atoms with Crippen molar-refractivity contribution in [1.29, 1.82) is 0 Å². The Kier molecular flexibility index (Phi) is 3.55. The van der Waals surface area contributed by atoms with E-state index in [0.717, 1.165) is 16.9 Å². The second-order valence-corrected chi connectivity index (χ2v) is 4.59. The summed E-state index contributed by atoms with van der Waals surface area (Å²) in [6.45, 7) is 3.85. The SMILES string of the molecule is Cc1ccc(NC(C(=O)O)c2cnn(C)c2C)cc1. The van der Waals surface area contributed by atoms with Gasteiger partial charge in [0.05, 0.1) is 6.20 Å². The zero-order valence-corrected chi connectivity index (χ0v) is 11.2. The van der Waals surface area contributed by atoms with Gasteiger partial charge in [0, 0.05) is 24.0 Å². The maximum absolute atomic E-state index is 11.4. The molecule has 1 unspecified atom stereocenters. The molecule has 0 aliphatic rings. The quantitative estimate of drug-likeness (QED) is 0.884. The van der Waals surface area contributed by atoms with Crippen molar-refractivity contribution >= 4 is 11.7 Å². The van der Waals surface area contributed by atoms with E-state index in [1.54, 1.807) is 17.9 Å². The highest BCUT2D eigenvalue weighted by atomic mass is 16.4. The maximum Gasteiger partial charge on any atom is 0.330 e. The number of aryl methyl sites for hydroxylation is 2. The smallest absolute Gasteiger partial charge is 0.330 e. The van der Waals surface area contributed by atoms with E-state index in [1.165, 1.54) is 0 Å². The van der Waals surface area contributed by atoms with Crippen LogP contribution in [0.4, 0.5) is 5.69 Å². The van der Waals surface area contributed by atoms with Crippen LogP contribution < -0.4 is 5.32 Å². The van der Waals surface area contributed by atoms with Crippen LogP contribution in [0.3, 0.4) is 0 Å². The van der Waals surface area contributed by atoms with Crippen LogP contribution >= 0.6 is 0 Å². The second kappa shape index (κ2) is 5.14. The van der Waals surface area contributed by atoms with Crippen LogP contribution in [0.15, 0.2) is 30.5 Å². The zero-order valence-electron chi connectivity index (χ0n) is 11.2. The van der Waals surface area contributed by atoms with Gasteiger partial charge in [-0.15, -0.1) is 0 Å². The number of nitrogens with zero attached hydrogens (tertiary/aromatic N) is 2. The van der Waals surface area contributed by atoms with Crippen molar-refractivity contribution in [1.82, 2.24) is 9.78 Å². The summed E-state index contributed by atoms with van der Waals surface area (Å²) in [6.07, 6.45) is 1.59. The summed E-state index contributed by atoms with van der Waals surface area (Å²) in [5.41, 5.74) is 3.43. The van der Waals surface area contributed by atoms with E-state index in [9.17, 15) is 9.90 Å². The van der Waals surface area contributed by atoms with Gasteiger partial charge in [-0.05, 0) is 26.0 Å². The van der Waals surface area contributed by atoms with E-state index in [0.29, 0.717) is 5.56 Å². The van der Waals surface area contributed by atoms with E-state index < -0.39 is 12.0 Å². The first kappa shape index (κ1) is 13.1. The van der Waals surface area contributed by atoms with Crippen LogP contribution in [0, 0.1) is 13.8 Å². The lowest BCUT2D eigenvalue weighted by Gasteiger charge is -2.15. The molecule has 2 rings (SSSR count). The van der Waals surface area contributed by atoms with E-state index in [-0.39, 0.29) is 0 Å². The molecule has 5 nitrogen and oxygen atoms in total. The third kappa shape index (κ3) is 2.76. The molecule has 5 heteroatoms. The fraction of sp³-hybridized carbons (Fsp3) is 0.286. The normalized spacial score (nSPS) is 12.2. The summed E-state index contributed by atoms with van der Waals surface area (Å²) in [5.74, 6) is -0.920. The summed E-state index contributed by atoms with van der Waals surface area (Å²) in [4.78, 5) is 11.4. The maximum atomic E-state index is 11.4. The Balaban J connectivity index is 2.29. The molecule has 0 bridgehead atoms. The van der Waals surface area contributed by atoms with Crippen LogP contribution in [0.25, 0.3) is 0 Å². The Morgan fingerprint density at radius 2 is 1.95 bits per heavy atom. The summed E-state index contributed by atoms with van der Waals surface area (Å²) < 4.78 is 1.67. The summed E-state index contributed by atoms with van der Waals surface area (Å²) >= 11 is 0.